The summed E-state index contributed by atoms with van der Waals surface area (Å²) >= 11 is 0. The molecule has 0 bridgehead atoms. The van der Waals surface area contributed by atoms with E-state index in [0.717, 1.165) is 44.1 Å². The molecular formula is C20H28FN3O2. The molecule has 0 aromatic heterocycles. The maximum absolute atomic E-state index is 13.9. The van der Waals surface area contributed by atoms with Gasteiger partial charge in [0.15, 0.2) is 0 Å². The van der Waals surface area contributed by atoms with Crippen molar-refractivity contribution in [1.82, 2.24) is 5.32 Å². The van der Waals surface area contributed by atoms with Crippen LogP contribution in [-0.2, 0) is 9.59 Å². The Balaban J connectivity index is 1.45. The number of amides is 2. The molecule has 2 aliphatic carbocycles. The number of nitrogens with two attached hydrogens (primary N) is 1. The molecule has 0 heterocycles. The number of hydrogen-bond acceptors (Lipinski definition) is 3. The second-order valence-corrected chi connectivity index (χ2v) is 8.14. The molecule has 2 saturated carbocycles. The van der Waals surface area contributed by atoms with Crippen molar-refractivity contribution in [3.05, 3.63) is 29.6 Å². The minimum Gasteiger partial charge on any atom is -0.369 e. The highest BCUT2D eigenvalue weighted by Crippen LogP contribution is 2.52. The minimum absolute atomic E-state index is 0.0294. The largest absolute Gasteiger partial charge is 0.369 e. The first-order valence-electron chi connectivity index (χ1n) is 9.40. The van der Waals surface area contributed by atoms with E-state index >= 15 is 0 Å². The van der Waals surface area contributed by atoms with Crippen LogP contribution in [0.4, 0.5) is 10.1 Å². The third-order valence-corrected chi connectivity index (χ3v) is 6.07. The van der Waals surface area contributed by atoms with Crippen molar-refractivity contribution < 1.29 is 14.0 Å². The molecule has 26 heavy (non-hydrogen) atoms. The van der Waals surface area contributed by atoms with Crippen LogP contribution in [0, 0.1) is 24.1 Å². The van der Waals surface area contributed by atoms with Crippen LogP contribution >= 0.6 is 0 Å². The second-order valence-electron chi connectivity index (χ2n) is 8.14. The molecule has 142 valence electrons. The van der Waals surface area contributed by atoms with E-state index in [-0.39, 0.29) is 29.5 Å². The summed E-state index contributed by atoms with van der Waals surface area (Å²) in [5.74, 6) is -0.797. The SMILES string of the molecule is Cc1ccc(NC(=O)C(C)NC2CC3(CCC(C(N)=O)CC3)C2)c(F)c1. The maximum atomic E-state index is 13.9. The first-order chi connectivity index (χ1) is 12.3. The number of benzene rings is 1. The maximum Gasteiger partial charge on any atom is 0.241 e. The Morgan fingerprint density at radius 3 is 2.50 bits per heavy atom. The van der Waals surface area contributed by atoms with E-state index in [1.165, 1.54) is 6.07 Å². The minimum atomic E-state index is -0.417. The van der Waals surface area contributed by atoms with Gasteiger partial charge in [0.2, 0.25) is 11.8 Å². The lowest BCUT2D eigenvalue weighted by Crippen LogP contribution is -2.55. The van der Waals surface area contributed by atoms with Crippen LogP contribution in [0.3, 0.4) is 0 Å². The van der Waals surface area contributed by atoms with E-state index in [2.05, 4.69) is 10.6 Å². The lowest BCUT2D eigenvalue weighted by molar-refractivity contribution is -0.125. The fraction of sp³-hybridized carbons (Fsp3) is 0.600. The molecule has 1 spiro atoms. The zero-order valence-electron chi connectivity index (χ0n) is 15.5. The van der Waals surface area contributed by atoms with Gasteiger partial charge in [0, 0.05) is 12.0 Å². The third kappa shape index (κ3) is 4.06. The third-order valence-electron chi connectivity index (χ3n) is 6.07. The molecule has 1 atom stereocenters. The van der Waals surface area contributed by atoms with Gasteiger partial charge in [-0.15, -0.1) is 0 Å². The van der Waals surface area contributed by atoms with Crippen molar-refractivity contribution in [1.29, 1.82) is 0 Å². The van der Waals surface area contributed by atoms with Gasteiger partial charge in [0.1, 0.15) is 5.82 Å². The van der Waals surface area contributed by atoms with Crippen molar-refractivity contribution in [2.45, 2.75) is 64.5 Å². The average molecular weight is 361 g/mol. The summed E-state index contributed by atoms with van der Waals surface area (Å²) in [7, 11) is 0. The summed E-state index contributed by atoms with van der Waals surface area (Å²) in [5.41, 5.74) is 6.74. The number of carbonyl (C=O) groups is 2. The first-order valence-corrected chi connectivity index (χ1v) is 9.40. The van der Waals surface area contributed by atoms with Gasteiger partial charge < -0.3 is 16.4 Å². The predicted octanol–water partition coefficient (Wildman–Crippen LogP) is 2.88. The van der Waals surface area contributed by atoms with Crippen molar-refractivity contribution in [3.8, 4) is 0 Å². The molecule has 0 radical (unpaired) electrons. The van der Waals surface area contributed by atoms with E-state index in [4.69, 9.17) is 5.73 Å². The van der Waals surface area contributed by atoms with Gasteiger partial charge in [0.25, 0.3) is 0 Å². The highest BCUT2D eigenvalue weighted by atomic mass is 19.1. The van der Waals surface area contributed by atoms with Crippen LogP contribution in [0.1, 0.15) is 51.0 Å². The molecular weight excluding hydrogens is 333 g/mol. The molecule has 5 nitrogen and oxygen atoms in total. The highest BCUT2D eigenvalue weighted by Gasteiger charge is 2.47. The average Bonchev–Trinajstić information content (AvgIpc) is 2.56. The van der Waals surface area contributed by atoms with Crippen molar-refractivity contribution >= 4 is 17.5 Å². The number of anilines is 1. The Morgan fingerprint density at radius 1 is 1.27 bits per heavy atom. The molecule has 1 unspecified atom stereocenters. The molecule has 1 aromatic rings. The number of rotatable bonds is 5. The molecule has 4 N–H and O–H groups in total. The Kier molecular flexibility index (Phi) is 5.32. The van der Waals surface area contributed by atoms with Crippen molar-refractivity contribution in [2.75, 3.05) is 5.32 Å². The van der Waals surface area contributed by atoms with E-state index in [9.17, 15) is 14.0 Å². The van der Waals surface area contributed by atoms with Crippen LogP contribution < -0.4 is 16.4 Å². The van der Waals surface area contributed by atoms with Gasteiger partial charge in [-0.1, -0.05) is 6.07 Å². The summed E-state index contributed by atoms with van der Waals surface area (Å²) < 4.78 is 13.9. The van der Waals surface area contributed by atoms with Gasteiger partial charge in [-0.25, -0.2) is 4.39 Å². The van der Waals surface area contributed by atoms with Crippen molar-refractivity contribution in [2.24, 2.45) is 17.1 Å². The van der Waals surface area contributed by atoms with Crippen LogP contribution in [0.15, 0.2) is 18.2 Å². The number of aryl methyl sites for hydroxylation is 1. The Hall–Kier alpha value is -1.95. The summed E-state index contributed by atoms with van der Waals surface area (Å²) in [6, 6.07) is 4.68. The molecule has 3 rings (SSSR count). The van der Waals surface area contributed by atoms with Gasteiger partial charge in [-0.05, 0) is 75.5 Å². The van der Waals surface area contributed by atoms with Gasteiger partial charge in [-0.3, -0.25) is 9.59 Å². The first kappa shape index (κ1) is 18.8. The Labute approximate surface area is 153 Å². The number of carbonyl (C=O) groups excluding carboxylic acids is 2. The fourth-order valence-electron chi connectivity index (χ4n) is 4.42. The lowest BCUT2D eigenvalue weighted by Gasteiger charge is -2.52. The van der Waals surface area contributed by atoms with Crippen LogP contribution in [-0.4, -0.2) is 23.9 Å². The molecule has 2 fully saturated rings. The van der Waals surface area contributed by atoms with E-state index in [1.807, 2.05) is 6.92 Å². The number of primary amides is 1. The number of halogens is 1. The zero-order chi connectivity index (χ0) is 18.9. The quantitative estimate of drug-likeness (QED) is 0.754. The van der Waals surface area contributed by atoms with E-state index in [1.54, 1.807) is 19.1 Å². The fourth-order valence-corrected chi connectivity index (χ4v) is 4.42. The molecule has 2 aliphatic rings. The summed E-state index contributed by atoms with van der Waals surface area (Å²) in [6.45, 7) is 3.61. The summed E-state index contributed by atoms with van der Waals surface area (Å²) in [5, 5.41) is 6.00. The van der Waals surface area contributed by atoms with E-state index in [0.29, 0.717) is 11.5 Å². The van der Waals surface area contributed by atoms with Crippen molar-refractivity contribution in [3.63, 3.8) is 0 Å². The van der Waals surface area contributed by atoms with Gasteiger partial charge >= 0.3 is 0 Å². The topological polar surface area (TPSA) is 84.2 Å². The molecule has 0 aliphatic heterocycles. The normalized spacial score (nSPS) is 29.0. The summed E-state index contributed by atoms with van der Waals surface area (Å²) in [6.07, 6.45) is 5.88. The van der Waals surface area contributed by atoms with Gasteiger partial charge in [-0.2, -0.15) is 0 Å². The van der Waals surface area contributed by atoms with Gasteiger partial charge in [0.05, 0.1) is 11.7 Å². The second kappa shape index (κ2) is 7.35. The smallest absolute Gasteiger partial charge is 0.241 e. The Morgan fingerprint density at radius 2 is 1.92 bits per heavy atom. The van der Waals surface area contributed by atoms with Crippen LogP contribution in [0.2, 0.25) is 0 Å². The highest BCUT2D eigenvalue weighted by molar-refractivity contribution is 5.94. The molecule has 0 saturated heterocycles. The zero-order valence-corrected chi connectivity index (χ0v) is 15.5. The molecule has 6 heteroatoms. The standard InChI is InChI=1S/C20H28FN3O2/c1-12-3-4-17(16(21)9-12)24-19(26)13(2)23-15-10-20(11-15)7-5-14(6-8-20)18(22)25/h3-4,9,13-15,23H,5-8,10-11H2,1-2H3,(H2,22,25)(H,24,26). The number of nitrogens with one attached hydrogen (secondary N) is 2. The monoisotopic (exact) mass is 361 g/mol. The molecule has 1 aromatic carbocycles. The summed E-state index contributed by atoms with van der Waals surface area (Å²) in [4.78, 5) is 23.6. The molecule has 2 amide bonds. The lowest BCUT2D eigenvalue weighted by atomic mass is 9.57. The number of hydrogen-bond donors (Lipinski definition) is 3. The Bertz CT molecular complexity index is 690. The van der Waals surface area contributed by atoms with E-state index < -0.39 is 5.82 Å². The predicted molar refractivity (Wildman–Crippen MR) is 99.0 cm³/mol. The van der Waals surface area contributed by atoms with Crippen LogP contribution in [0.25, 0.3) is 0 Å². The van der Waals surface area contributed by atoms with Crippen LogP contribution in [0.5, 0.6) is 0 Å².